The lowest BCUT2D eigenvalue weighted by molar-refractivity contribution is -0.135. The lowest BCUT2D eigenvalue weighted by Crippen LogP contribution is -2.42. The van der Waals surface area contributed by atoms with Gasteiger partial charge in [-0.25, -0.2) is 19.9 Å². The van der Waals surface area contributed by atoms with Gasteiger partial charge >= 0.3 is 0 Å². The quantitative estimate of drug-likeness (QED) is 0.642. The normalized spacial score (nSPS) is 15.1. The van der Waals surface area contributed by atoms with Gasteiger partial charge in [0, 0.05) is 31.2 Å². The molecule has 2 N–H and O–H groups in total. The van der Waals surface area contributed by atoms with Crippen molar-refractivity contribution in [3.63, 3.8) is 0 Å². The van der Waals surface area contributed by atoms with Crippen LogP contribution in [0.2, 0.25) is 0 Å². The molecule has 3 heterocycles. The largest absolute Gasteiger partial charge is 0.378 e. The highest BCUT2D eigenvalue weighted by Crippen LogP contribution is 2.22. The van der Waals surface area contributed by atoms with E-state index in [1.165, 1.54) is 6.33 Å². The predicted molar refractivity (Wildman–Crippen MR) is 115 cm³/mol. The Morgan fingerprint density at radius 2 is 2.07 bits per heavy atom. The highest BCUT2D eigenvalue weighted by molar-refractivity contribution is 5.87. The van der Waals surface area contributed by atoms with Gasteiger partial charge in [-0.15, -0.1) is 0 Å². The minimum absolute atomic E-state index is 0.101. The van der Waals surface area contributed by atoms with Gasteiger partial charge in [0.05, 0.1) is 19.4 Å². The average Bonchev–Trinajstić information content (AvgIpc) is 2.75. The summed E-state index contributed by atoms with van der Waals surface area (Å²) in [5.74, 6) is 1.14. The number of nitrogens with one attached hydrogen (secondary N) is 2. The lowest BCUT2D eigenvalue weighted by atomic mass is 10.2. The van der Waals surface area contributed by atoms with Gasteiger partial charge in [-0.3, -0.25) is 4.79 Å². The van der Waals surface area contributed by atoms with Gasteiger partial charge in [-0.05, 0) is 31.5 Å². The van der Waals surface area contributed by atoms with E-state index in [1.54, 1.807) is 6.20 Å². The molecule has 9 nitrogen and oxygen atoms in total. The van der Waals surface area contributed by atoms with Gasteiger partial charge in [0.1, 0.15) is 17.4 Å². The summed E-state index contributed by atoms with van der Waals surface area (Å²) in [7, 11) is 0. The van der Waals surface area contributed by atoms with Crippen LogP contribution in [0.1, 0.15) is 18.9 Å². The summed E-state index contributed by atoms with van der Waals surface area (Å²) in [6.45, 7) is 6.45. The second-order valence-electron chi connectivity index (χ2n) is 7.39. The summed E-state index contributed by atoms with van der Waals surface area (Å²) < 4.78 is 5.30. The van der Waals surface area contributed by atoms with Crippen molar-refractivity contribution in [1.82, 2.24) is 24.8 Å². The van der Waals surface area contributed by atoms with E-state index in [0.29, 0.717) is 55.5 Å². The van der Waals surface area contributed by atoms with Crippen LogP contribution < -0.4 is 10.6 Å². The number of ether oxygens (including phenoxy) is 1. The lowest BCUT2D eigenvalue weighted by Gasteiger charge is -2.28. The highest BCUT2D eigenvalue weighted by atomic mass is 16.5. The Morgan fingerprint density at radius 1 is 1.23 bits per heavy atom. The van der Waals surface area contributed by atoms with Crippen LogP contribution in [-0.2, 0) is 9.53 Å². The number of aryl methyl sites for hydroxylation is 1. The zero-order valence-electron chi connectivity index (χ0n) is 17.1. The number of carbonyl (C=O) groups excluding carboxylic acids is 1. The topological polar surface area (TPSA) is 105 Å². The van der Waals surface area contributed by atoms with E-state index in [1.807, 2.05) is 43.0 Å². The van der Waals surface area contributed by atoms with Crippen molar-refractivity contribution < 1.29 is 9.53 Å². The van der Waals surface area contributed by atoms with Crippen LogP contribution in [0, 0.1) is 6.92 Å². The van der Waals surface area contributed by atoms with E-state index >= 15 is 0 Å². The molecule has 0 saturated carbocycles. The van der Waals surface area contributed by atoms with Crippen LogP contribution in [0.3, 0.4) is 0 Å². The number of anilines is 3. The first-order valence-electron chi connectivity index (χ1n) is 10.0. The molecule has 1 amide bonds. The van der Waals surface area contributed by atoms with Gasteiger partial charge in [0.2, 0.25) is 11.9 Å². The molecule has 1 fully saturated rings. The molecule has 156 valence electrons. The standard InChI is InChI=1S/C21H25N7O2/c1-14-4-3-5-16(10-14)26-20-19-17(23-13-24-20)12-22-21(27-19)25-15(2)11-18(29)28-6-8-30-9-7-28/h3-5,10,12-13,15H,6-9,11H2,1-2H3,(H,22,25,27)(H,23,24,26). The number of aromatic nitrogens is 4. The zero-order valence-corrected chi connectivity index (χ0v) is 17.1. The number of hydrogen-bond acceptors (Lipinski definition) is 8. The van der Waals surface area contributed by atoms with Crippen molar-refractivity contribution in [2.45, 2.75) is 26.3 Å². The number of morpholine rings is 1. The molecule has 0 bridgehead atoms. The Labute approximate surface area is 174 Å². The van der Waals surface area contributed by atoms with E-state index in [0.717, 1.165) is 11.3 Å². The summed E-state index contributed by atoms with van der Waals surface area (Å²) in [5.41, 5.74) is 3.33. The maximum absolute atomic E-state index is 12.5. The van der Waals surface area contributed by atoms with E-state index in [-0.39, 0.29) is 11.9 Å². The van der Waals surface area contributed by atoms with Crippen LogP contribution in [0.5, 0.6) is 0 Å². The summed E-state index contributed by atoms with van der Waals surface area (Å²) in [4.78, 5) is 31.8. The predicted octanol–water partition coefficient (Wildman–Crippen LogP) is 2.52. The van der Waals surface area contributed by atoms with Crippen molar-refractivity contribution in [1.29, 1.82) is 0 Å². The van der Waals surface area contributed by atoms with Gasteiger partial charge in [0.15, 0.2) is 5.82 Å². The maximum atomic E-state index is 12.5. The van der Waals surface area contributed by atoms with Gasteiger partial charge in [-0.1, -0.05) is 12.1 Å². The number of benzene rings is 1. The molecule has 1 aliphatic heterocycles. The molecule has 1 saturated heterocycles. The fourth-order valence-corrected chi connectivity index (χ4v) is 3.35. The van der Waals surface area contributed by atoms with Crippen molar-refractivity contribution in [3.8, 4) is 0 Å². The molecule has 3 aromatic rings. The molecular weight excluding hydrogens is 382 g/mol. The third-order valence-corrected chi connectivity index (χ3v) is 4.88. The third-order valence-electron chi connectivity index (χ3n) is 4.88. The monoisotopic (exact) mass is 407 g/mol. The molecule has 1 unspecified atom stereocenters. The van der Waals surface area contributed by atoms with Crippen molar-refractivity contribution >= 4 is 34.4 Å². The number of amides is 1. The summed E-state index contributed by atoms with van der Waals surface area (Å²) in [6, 6.07) is 7.91. The van der Waals surface area contributed by atoms with Gasteiger partial charge in [-0.2, -0.15) is 0 Å². The van der Waals surface area contributed by atoms with E-state index in [9.17, 15) is 4.79 Å². The van der Waals surface area contributed by atoms with Crippen molar-refractivity contribution in [3.05, 3.63) is 42.4 Å². The van der Waals surface area contributed by atoms with Crippen molar-refractivity contribution in [2.75, 3.05) is 36.9 Å². The maximum Gasteiger partial charge on any atom is 0.224 e. The Kier molecular flexibility index (Phi) is 5.99. The molecule has 30 heavy (non-hydrogen) atoms. The van der Waals surface area contributed by atoms with Gasteiger partial charge in [0.25, 0.3) is 0 Å². The smallest absolute Gasteiger partial charge is 0.224 e. The van der Waals surface area contributed by atoms with Crippen LogP contribution in [0.4, 0.5) is 17.5 Å². The Bertz CT molecular complexity index is 1040. The first-order valence-corrected chi connectivity index (χ1v) is 10.0. The molecule has 0 radical (unpaired) electrons. The first kappa shape index (κ1) is 20.0. The SMILES string of the molecule is Cc1cccc(Nc2ncnc3cnc(NC(C)CC(=O)N4CCOCC4)nc23)c1. The summed E-state index contributed by atoms with van der Waals surface area (Å²) in [5, 5.41) is 6.52. The average molecular weight is 407 g/mol. The number of carbonyl (C=O) groups is 1. The molecule has 9 heteroatoms. The zero-order chi connectivity index (χ0) is 20.9. The minimum Gasteiger partial charge on any atom is -0.378 e. The van der Waals surface area contributed by atoms with Crippen LogP contribution in [0.25, 0.3) is 11.0 Å². The molecule has 0 spiro atoms. The van der Waals surface area contributed by atoms with E-state index in [4.69, 9.17) is 4.74 Å². The van der Waals surface area contributed by atoms with Gasteiger partial charge < -0.3 is 20.3 Å². The minimum atomic E-state index is -0.115. The third kappa shape index (κ3) is 4.80. The number of nitrogens with zero attached hydrogens (tertiary/aromatic N) is 5. The van der Waals surface area contributed by atoms with E-state index < -0.39 is 0 Å². The van der Waals surface area contributed by atoms with Crippen LogP contribution >= 0.6 is 0 Å². The summed E-state index contributed by atoms with van der Waals surface area (Å²) in [6.07, 6.45) is 3.51. The van der Waals surface area contributed by atoms with Crippen molar-refractivity contribution in [2.24, 2.45) is 0 Å². The molecule has 1 atom stereocenters. The van der Waals surface area contributed by atoms with Crippen LogP contribution in [-0.4, -0.2) is 63.1 Å². The molecule has 0 aliphatic carbocycles. The van der Waals surface area contributed by atoms with Crippen LogP contribution in [0.15, 0.2) is 36.8 Å². The molecule has 4 rings (SSSR count). The fourth-order valence-electron chi connectivity index (χ4n) is 3.35. The Hall–Kier alpha value is -3.33. The number of fused-ring (bicyclic) bond motifs is 1. The highest BCUT2D eigenvalue weighted by Gasteiger charge is 2.19. The molecule has 2 aromatic heterocycles. The molecular formula is C21H25N7O2. The summed E-state index contributed by atoms with van der Waals surface area (Å²) >= 11 is 0. The number of hydrogen-bond donors (Lipinski definition) is 2. The first-order chi connectivity index (χ1) is 14.6. The van der Waals surface area contributed by atoms with E-state index in [2.05, 4.69) is 30.6 Å². The fraction of sp³-hybridized carbons (Fsp3) is 0.381. The Balaban J connectivity index is 1.48. The Morgan fingerprint density at radius 3 is 2.87 bits per heavy atom. The molecule has 1 aromatic carbocycles. The second kappa shape index (κ2) is 9.00. The number of rotatable bonds is 6. The second-order valence-corrected chi connectivity index (χ2v) is 7.39. The molecule has 1 aliphatic rings.